The van der Waals surface area contributed by atoms with Crippen LogP contribution >= 0.6 is 0 Å². The van der Waals surface area contributed by atoms with Crippen molar-refractivity contribution in [2.75, 3.05) is 26.2 Å². The number of aromatic hydroxyl groups is 1. The van der Waals surface area contributed by atoms with Crippen molar-refractivity contribution in [1.29, 1.82) is 0 Å². The monoisotopic (exact) mass is 283 g/mol. The topological polar surface area (TPSA) is 32.7 Å². The lowest BCUT2D eigenvalue weighted by Gasteiger charge is -2.15. The van der Waals surface area contributed by atoms with Crippen LogP contribution in [0.1, 0.15) is 12.8 Å². The SMILES string of the molecule is Oc1cccc(-c2ccc(OCCN3CCCC3)cc2)c1. The Morgan fingerprint density at radius 1 is 0.952 bits per heavy atom. The van der Waals surface area contributed by atoms with Gasteiger partial charge >= 0.3 is 0 Å². The number of hydrogen-bond acceptors (Lipinski definition) is 3. The molecule has 0 unspecified atom stereocenters. The lowest BCUT2D eigenvalue weighted by molar-refractivity contribution is 0.238. The number of rotatable bonds is 5. The first-order valence-corrected chi connectivity index (χ1v) is 7.56. The van der Waals surface area contributed by atoms with E-state index < -0.39 is 0 Å². The predicted molar refractivity (Wildman–Crippen MR) is 84.7 cm³/mol. The first-order valence-electron chi connectivity index (χ1n) is 7.56. The molecule has 0 saturated carbocycles. The third kappa shape index (κ3) is 3.76. The van der Waals surface area contributed by atoms with Crippen molar-refractivity contribution >= 4 is 0 Å². The molecule has 3 rings (SSSR count). The molecule has 2 aromatic rings. The summed E-state index contributed by atoms with van der Waals surface area (Å²) in [5.74, 6) is 1.19. The van der Waals surface area contributed by atoms with Crippen molar-refractivity contribution in [3.05, 3.63) is 48.5 Å². The summed E-state index contributed by atoms with van der Waals surface area (Å²) in [6.45, 7) is 4.17. The summed E-state index contributed by atoms with van der Waals surface area (Å²) in [6.07, 6.45) is 2.64. The Morgan fingerprint density at radius 2 is 1.71 bits per heavy atom. The first kappa shape index (κ1) is 14.0. The third-order valence-corrected chi connectivity index (χ3v) is 3.91. The summed E-state index contributed by atoms with van der Waals surface area (Å²) in [6, 6.07) is 15.3. The van der Waals surface area contributed by atoms with Crippen LogP contribution in [0.3, 0.4) is 0 Å². The molecular formula is C18H21NO2. The van der Waals surface area contributed by atoms with Gasteiger partial charge in [0.1, 0.15) is 18.1 Å². The number of phenolic OH excluding ortho intramolecular Hbond substituents is 1. The van der Waals surface area contributed by atoms with Crippen LogP contribution in [-0.2, 0) is 0 Å². The Balaban J connectivity index is 1.56. The van der Waals surface area contributed by atoms with Gasteiger partial charge in [0.2, 0.25) is 0 Å². The smallest absolute Gasteiger partial charge is 0.119 e. The predicted octanol–water partition coefficient (Wildman–Crippen LogP) is 3.53. The molecule has 0 atom stereocenters. The zero-order valence-electron chi connectivity index (χ0n) is 12.2. The molecule has 0 bridgehead atoms. The lowest BCUT2D eigenvalue weighted by Crippen LogP contribution is -2.25. The molecule has 0 aromatic heterocycles. The second-order valence-corrected chi connectivity index (χ2v) is 5.47. The maximum Gasteiger partial charge on any atom is 0.119 e. The minimum Gasteiger partial charge on any atom is -0.508 e. The van der Waals surface area contributed by atoms with E-state index in [1.165, 1.54) is 25.9 Å². The van der Waals surface area contributed by atoms with Gasteiger partial charge in [-0.25, -0.2) is 0 Å². The highest BCUT2D eigenvalue weighted by molar-refractivity contribution is 5.65. The van der Waals surface area contributed by atoms with Crippen molar-refractivity contribution in [3.63, 3.8) is 0 Å². The van der Waals surface area contributed by atoms with E-state index in [-0.39, 0.29) is 0 Å². The number of benzene rings is 2. The molecule has 110 valence electrons. The van der Waals surface area contributed by atoms with E-state index in [0.717, 1.165) is 30.0 Å². The summed E-state index contributed by atoms with van der Waals surface area (Å²) < 4.78 is 5.79. The Morgan fingerprint density at radius 3 is 2.43 bits per heavy atom. The van der Waals surface area contributed by atoms with Gasteiger partial charge in [0, 0.05) is 6.54 Å². The summed E-state index contributed by atoms with van der Waals surface area (Å²) in [5, 5.41) is 9.52. The van der Waals surface area contributed by atoms with E-state index in [9.17, 15) is 5.11 Å². The largest absolute Gasteiger partial charge is 0.508 e. The molecule has 21 heavy (non-hydrogen) atoms. The average molecular weight is 283 g/mol. The van der Waals surface area contributed by atoms with Gasteiger partial charge in [-0.1, -0.05) is 24.3 Å². The van der Waals surface area contributed by atoms with Crippen LogP contribution in [-0.4, -0.2) is 36.2 Å². The number of nitrogens with zero attached hydrogens (tertiary/aromatic N) is 1. The van der Waals surface area contributed by atoms with Crippen LogP contribution < -0.4 is 4.74 Å². The van der Waals surface area contributed by atoms with Gasteiger partial charge in [-0.2, -0.15) is 0 Å². The van der Waals surface area contributed by atoms with Crippen molar-refractivity contribution in [3.8, 4) is 22.6 Å². The Hall–Kier alpha value is -2.00. The van der Waals surface area contributed by atoms with Crippen LogP contribution in [0.2, 0.25) is 0 Å². The van der Waals surface area contributed by atoms with Crippen molar-refractivity contribution in [1.82, 2.24) is 4.90 Å². The van der Waals surface area contributed by atoms with Crippen molar-refractivity contribution in [2.24, 2.45) is 0 Å². The Labute approximate surface area is 125 Å². The second-order valence-electron chi connectivity index (χ2n) is 5.47. The molecular weight excluding hydrogens is 262 g/mol. The highest BCUT2D eigenvalue weighted by Crippen LogP contribution is 2.25. The molecule has 1 fully saturated rings. The molecule has 1 N–H and O–H groups in total. The molecule has 1 heterocycles. The average Bonchev–Trinajstić information content (AvgIpc) is 3.01. The Bertz CT molecular complexity index is 574. The fourth-order valence-corrected chi connectivity index (χ4v) is 2.73. The fourth-order valence-electron chi connectivity index (χ4n) is 2.73. The highest BCUT2D eigenvalue weighted by Gasteiger charge is 2.10. The molecule has 1 aliphatic rings. The van der Waals surface area contributed by atoms with Gasteiger partial charge < -0.3 is 9.84 Å². The molecule has 0 amide bonds. The molecule has 0 spiro atoms. The first-order chi connectivity index (χ1) is 10.3. The number of phenols is 1. The van der Waals surface area contributed by atoms with Gasteiger partial charge in [0.15, 0.2) is 0 Å². The summed E-state index contributed by atoms with van der Waals surface area (Å²) in [4.78, 5) is 2.45. The van der Waals surface area contributed by atoms with Crippen LogP contribution in [0.15, 0.2) is 48.5 Å². The molecule has 3 heteroatoms. The van der Waals surface area contributed by atoms with Gasteiger partial charge in [-0.15, -0.1) is 0 Å². The summed E-state index contributed by atoms with van der Waals surface area (Å²) in [5.41, 5.74) is 2.09. The van der Waals surface area contributed by atoms with Gasteiger partial charge in [-0.3, -0.25) is 4.90 Å². The quantitative estimate of drug-likeness (QED) is 0.911. The number of ether oxygens (including phenoxy) is 1. The standard InChI is InChI=1S/C18H21NO2/c20-17-5-3-4-16(14-17)15-6-8-18(9-7-15)21-13-12-19-10-1-2-11-19/h3-9,14,20H,1-2,10-13H2. The van der Waals surface area contributed by atoms with E-state index in [2.05, 4.69) is 4.90 Å². The van der Waals surface area contributed by atoms with E-state index >= 15 is 0 Å². The summed E-state index contributed by atoms with van der Waals surface area (Å²) >= 11 is 0. The maximum absolute atomic E-state index is 9.52. The highest BCUT2D eigenvalue weighted by atomic mass is 16.5. The van der Waals surface area contributed by atoms with E-state index in [0.29, 0.717) is 5.75 Å². The van der Waals surface area contributed by atoms with Crippen LogP contribution in [0.4, 0.5) is 0 Å². The molecule has 1 aliphatic heterocycles. The fraction of sp³-hybridized carbons (Fsp3) is 0.333. The van der Waals surface area contributed by atoms with Gasteiger partial charge in [0.25, 0.3) is 0 Å². The number of likely N-dealkylation sites (tertiary alicyclic amines) is 1. The normalized spacial score (nSPS) is 15.2. The molecule has 0 radical (unpaired) electrons. The van der Waals surface area contributed by atoms with Crippen molar-refractivity contribution in [2.45, 2.75) is 12.8 Å². The second kappa shape index (κ2) is 6.64. The third-order valence-electron chi connectivity index (χ3n) is 3.91. The molecule has 1 saturated heterocycles. The lowest BCUT2D eigenvalue weighted by atomic mass is 10.1. The van der Waals surface area contributed by atoms with Gasteiger partial charge in [-0.05, 0) is 61.3 Å². The van der Waals surface area contributed by atoms with Crippen molar-refractivity contribution < 1.29 is 9.84 Å². The molecule has 3 nitrogen and oxygen atoms in total. The zero-order valence-corrected chi connectivity index (χ0v) is 12.2. The van der Waals surface area contributed by atoms with Crippen LogP contribution in [0.5, 0.6) is 11.5 Å². The van der Waals surface area contributed by atoms with Crippen LogP contribution in [0, 0.1) is 0 Å². The molecule has 2 aromatic carbocycles. The van der Waals surface area contributed by atoms with E-state index in [1.807, 2.05) is 36.4 Å². The number of hydrogen-bond donors (Lipinski definition) is 1. The molecule has 0 aliphatic carbocycles. The van der Waals surface area contributed by atoms with Gasteiger partial charge in [0.05, 0.1) is 0 Å². The van der Waals surface area contributed by atoms with Crippen LogP contribution in [0.25, 0.3) is 11.1 Å². The zero-order chi connectivity index (χ0) is 14.5. The minimum absolute atomic E-state index is 0.290. The minimum atomic E-state index is 0.290. The summed E-state index contributed by atoms with van der Waals surface area (Å²) in [7, 11) is 0. The van der Waals surface area contributed by atoms with E-state index in [1.54, 1.807) is 12.1 Å². The Kier molecular flexibility index (Phi) is 4.41. The maximum atomic E-state index is 9.52. The van der Waals surface area contributed by atoms with E-state index in [4.69, 9.17) is 4.74 Å².